The van der Waals surface area contributed by atoms with Crippen LogP contribution in [0.15, 0.2) is 42.5 Å². The minimum absolute atomic E-state index is 0.0143. The van der Waals surface area contributed by atoms with Gasteiger partial charge in [0.1, 0.15) is 11.6 Å². The Morgan fingerprint density at radius 3 is 2.52 bits per heavy atom. The van der Waals surface area contributed by atoms with Crippen LogP contribution in [0.4, 0.5) is 4.39 Å². The highest BCUT2D eigenvalue weighted by Crippen LogP contribution is 2.32. The van der Waals surface area contributed by atoms with Crippen molar-refractivity contribution in [3.8, 4) is 17.2 Å². The van der Waals surface area contributed by atoms with E-state index < -0.39 is 6.10 Å². The molecule has 0 spiro atoms. The first kappa shape index (κ1) is 19.5. The summed E-state index contributed by atoms with van der Waals surface area (Å²) in [5, 5.41) is 0. The van der Waals surface area contributed by atoms with E-state index in [2.05, 4.69) is 11.0 Å². The fourth-order valence-electron chi connectivity index (χ4n) is 3.61. The third-order valence-corrected chi connectivity index (χ3v) is 5.27. The van der Waals surface area contributed by atoms with E-state index in [-0.39, 0.29) is 18.5 Å². The van der Waals surface area contributed by atoms with Crippen LogP contribution in [-0.4, -0.2) is 54.8 Å². The Kier molecular flexibility index (Phi) is 5.85. The molecule has 2 aromatic rings. The van der Waals surface area contributed by atoms with Gasteiger partial charge >= 0.3 is 0 Å². The summed E-state index contributed by atoms with van der Waals surface area (Å²) in [4.78, 5) is 17.0. The molecule has 0 radical (unpaired) electrons. The fraction of sp³-hybridized carbons (Fsp3) is 0.409. The zero-order chi connectivity index (χ0) is 20.2. The minimum atomic E-state index is -0.555. The second kappa shape index (κ2) is 8.69. The van der Waals surface area contributed by atoms with E-state index in [4.69, 9.17) is 14.2 Å². The molecule has 0 bridgehead atoms. The van der Waals surface area contributed by atoms with Crippen molar-refractivity contribution in [2.75, 3.05) is 33.0 Å². The van der Waals surface area contributed by atoms with E-state index in [0.29, 0.717) is 25.3 Å². The van der Waals surface area contributed by atoms with Crippen LogP contribution >= 0.6 is 0 Å². The monoisotopic (exact) mass is 400 g/mol. The molecular weight excluding hydrogens is 375 g/mol. The summed E-state index contributed by atoms with van der Waals surface area (Å²) in [5.74, 6) is 1.75. The molecule has 0 aliphatic carbocycles. The summed E-state index contributed by atoms with van der Waals surface area (Å²) in [6, 6.07) is 11.8. The number of amides is 1. The lowest BCUT2D eigenvalue weighted by molar-refractivity contribution is -0.140. The summed E-state index contributed by atoms with van der Waals surface area (Å²) >= 11 is 0. The first-order chi connectivity index (χ1) is 14.1. The second-order valence-electron chi connectivity index (χ2n) is 7.26. The van der Waals surface area contributed by atoms with Crippen LogP contribution in [0.3, 0.4) is 0 Å². The molecule has 0 saturated carbocycles. The molecule has 1 saturated heterocycles. The number of nitrogens with zero attached hydrogens (tertiary/aromatic N) is 2. The summed E-state index contributed by atoms with van der Waals surface area (Å²) in [6.07, 6.45) is 0.00837. The second-order valence-corrected chi connectivity index (χ2v) is 7.26. The van der Waals surface area contributed by atoms with Crippen molar-refractivity contribution >= 4 is 5.91 Å². The average molecular weight is 400 g/mol. The van der Waals surface area contributed by atoms with Gasteiger partial charge < -0.3 is 19.1 Å². The van der Waals surface area contributed by atoms with Crippen molar-refractivity contribution in [1.29, 1.82) is 0 Å². The number of fused-ring (bicyclic) bond motifs is 1. The molecule has 7 heteroatoms. The van der Waals surface area contributed by atoms with Crippen molar-refractivity contribution < 1.29 is 23.4 Å². The molecule has 2 aromatic carbocycles. The van der Waals surface area contributed by atoms with Crippen LogP contribution in [-0.2, 0) is 11.3 Å². The van der Waals surface area contributed by atoms with Crippen molar-refractivity contribution in [3.63, 3.8) is 0 Å². The maximum Gasteiger partial charge on any atom is 0.263 e. The van der Waals surface area contributed by atoms with Crippen LogP contribution in [0.25, 0.3) is 0 Å². The molecule has 0 aromatic heterocycles. The Morgan fingerprint density at radius 2 is 1.79 bits per heavy atom. The molecule has 2 aliphatic heterocycles. The number of hydrogen-bond donors (Lipinski definition) is 0. The number of benzene rings is 2. The van der Waals surface area contributed by atoms with Gasteiger partial charge in [-0.25, -0.2) is 4.39 Å². The molecule has 4 rings (SSSR count). The summed E-state index contributed by atoms with van der Waals surface area (Å²) in [7, 11) is 0. The zero-order valence-corrected chi connectivity index (χ0v) is 16.5. The molecule has 0 unspecified atom stereocenters. The Labute approximate surface area is 169 Å². The number of rotatable bonds is 6. The Hall–Kier alpha value is -2.80. The Balaban J connectivity index is 1.30. The lowest BCUT2D eigenvalue weighted by Gasteiger charge is -2.36. The van der Waals surface area contributed by atoms with Gasteiger partial charge in [-0.05, 0) is 48.4 Å². The van der Waals surface area contributed by atoms with Crippen molar-refractivity contribution in [2.45, 2.75) is 26.0 Å². The first-order valence-electron chi connectivity index (χ1n) is 9.94. The molecule has 29 heavy (non-hydrogen) atoms. The molecule has 1 fully saturated rings. The molecule has 0 N–H and O–H groups in total. The number of carbonyl (C=O) groups is 1. The van der Waals surface area contributed by atoms with Gasteiger partial charge in [-0.3, -0.25) is 9.69 Å². The van der Waals surface area contributed by atoms with Gasteiger partial charge in [-0.15, -0.1) is 0 Å². The predicted octanol–water partition coefficient (Wildman–Crippen LogP) is 3.06. The van der Waals surface area contributed by atoms with Gasteiger partial charge in [0.05, 0.1) is 0 Å². The number of piperazine rings is 1. The highest BCUT2D eigenvalue weighted by Gasteiger charge is 2.28. The standard InChI is InChI=1S/C22H25FN2O4/c1-2-19(29-18-6-4-17(23)5-7-18)22(26)25-11-9-24(10-12-25)14-16-3-8-20-21(13-16)28-15-27-20/h3-8,13,19H,2,9-12,14-15H2,1H3/t19-/m0/s1. The normalized spacial score (nSPS) is 17.2. The van der Waals surface area contributed by atoms with Crippen molar-refractivity contribution in [3.05, 3.63) is 53.8 Å². The summed E-state index contributed by atoms with van der Waals surface area (Å²) < 4.78 is 29.7. The van der Waals surface area contributed by atoms with Gasteiger partial charge in [-0.2, -0.15) is 0 Å². The molecule has 1 amide bonds. The van der Waals surface area contributed by atoms with E-state index in [1.807, 2.05) is 24.0 Å². The number of ether oxygens (including phenoxy) is 3. The number of hydrogen-bond acceptors (Lipinski definition) is 5. The fourth-order valence-corrected chi connectivity index (χ4v) is 3.61. The van der Waals surface area contributed by atoms with Crippen LogP contribution in [0, 0.1) is 5.82 Å². The van der Waals surface area contributed by atoms with Crippen LogP contribution in [0.2, 0.25) is 0 Å². The third kappa shape index (κ3) is 4.62. The van der Waals surface area contributed by atoms with Crippen molar-refractivity contribution in [1.82, 2.24) is 9.80 Å². The third-order valence-electron chi connectivity index (χ3n) is 5.27. The van der Waals surface area contributed by atoms with E-state index >= 15 is 0 Å². The van der Waals surface area contributed by atoms with E-state index in [1.54, 1.807) is 12.1 Å². The Morgan fingerprint density at radius 1 is 1.07 bits per heavy atom. The van der Waals surface area contributed by atoms with E-state index in [0.717, 1.165) is 31.1 Å². The maximum atomic E-state index is 13.1. The average Bonchev–Trinajstić information content (AvgIpc) is 3.21. The maximum absolute atomic E-state index is 13.1. The van der Waals surface area contributed by atoms with E-state index in [1.165, 1.54) is 17.7 Å². The zero-order valence-electron chi connectivity index (χ0n) is 16.5. The molecule has 2 heterocycles. The number of halogens is 1. The minimum Gasteiger partial charge on any atom is -0.481 e. The van der Waals surface area contributed by atoms with Gasteiger partial charge in [-0.1, -0.05) is 13.0 Å². The molecule has 6 nitrogen and oxygen atoms in total. The molecule has 154 valence electrons. The quantitative estimate of drug-likeness (QED) is 0.746. The van der Waals surface area contributed by atoms with Crippen LogP contribution < -0.4 is 14.2 Å². The summed E-state index contributed by atoms with van der Waals surface area (Å²) in [5.41, 5.74) is 1.17. The van der Waals surface area contributed by atoms with Crippen LogP contribution in [0.5, 0.6) is 17.2 Å². The van der Waals surface area contributed by atoms with Gasteiger partial charge in [0.2, 0.25) is 6.79 Å². The molecule has 1 atom stereocenters. The highest BCUT2D eigenvalue weighted by molar-refractivity contribution is 5.81. The lowest BCUT2D eigenvalue weighted by atomic mass is 10.1. The molecular formula is C22H25FN2O4. The highest BCUT2D eigenvalue weighted by atomic mass is 19.1. The van der Waals surface area contributed by atoms with Gasteiger partial charge in [0.25, 0.3) is 5.91 Å². The molecule has 2 aliphatic rings. The van der Waals surface area contributed by atoms with E-state index in [9.17, 15) is 9.18 Å². The topological polar surface area (TPSA) is 51.2 Å². The van der Waals surface area contributed by atoms with Crippen molar-refractivity contribution in [2.24, 2.45) is 0 Å². The summed E-state index contributed by atoms with van der Waals surface area (Å²) in [6.45, 7) is 5.92. The largest absolute Gasteiger partial charge is 0.481 e. The Bertz CT molecular complexity index is 850. The SMILES string of the molecule is CC[C@H](Oc1ccc(F)cc1)C(=O)N1CCN(Cc2ccc3c(c2)OCO3)CC1. The predicted molar refractivity (Wildman–Crippen MR) is 106 cm³/mol. The first-order valence-corrected chi connectivity index (χ1v) is 9.94. The lowest BCUT2D eigenvalue weighted by Crippen LogP contribution is -2.52. The number of carbonyl (C=O) groups excluding carboxylic acids is 1. The smallest absolute Gasteiger partial charge is 0.263 e. The van der Waals surface area contributed by atoms with Gasteiger partial charge in [0.15, 0.2) is 17.6 Å². The van der Waals surface area contributed by atoms with Crippen LogP contribution in [0.1, 0.15) is 18.9 Å². The van der Waals surface area contributed by atoms with Gasteiger partial charge in [0, 0.05) is 32.7 Å².